The van der Waals surface area contributed by atoms with E-state index in [0.29, 0.717) is 11.1 Å². The Balaban J connectivity index is 1.72. The summed E-state index contributed by atoms with van der Waals surface area (Å²) < 4.78 is 10.1. The second kappa shape index (κ2) is 8.05. The van der Waals surface area contributed by atoms with Crippen LogP contribution in [0.3, 0.4) is 0 Å². The number of nitrogens with one attached hydrogen (secondary N) is 2. The molecule has 0 bridgehead atoms. The number of H-pyrrole nitrogens is 1. The molecule has 1 heterocycles. The highest BCUT2D eigenvalue weighted by atomic mass is 16.5. The summed E-state index contributed by atoms with van der Waals surface area (Å²) in [4.78, 5) is 12.2. The summed E-state index contributed by atoms with van der Waals surface area (Å²) in [5.41, 5.74) is 5.13. The van der Waals surface area contributed by atoms with Crippen LogP contribution in [0.1, 0.15) is 15.9 Å². The van der Waals surface area contributed by atoms with E-state index in [9.17, 15) is 9.90 Å². The number of aromatic amines is 1. The van der Waals surface area contributed by atoms with E-state index in [0.717, 1.165) is 17.0 Å². The van der Waals surface area contributed by atoms with E-state index in [1.54, 1.807) is 13.3 Å². The van der Waals surface area contributed by atoms with Gasteiger partial charge in [0.05, 0.1) is 32.3 Å². The molecule has 0 saturated carbocycles. The molecule has 138 valence electrons. The van der Waals surface area contributed by atoms with Gasteiger partial charge in [-0.25, -0.2) is 5.43 Å². The van der Waals surface area contributed by atoms with Crippen molar-refractivity contribution in [3.8, 4) is 28.5 Å². The molecule has 8 heteroatoms. The number of methoxy groups -OCH3 is 2. The van der Waals surface area contributed by atoms with Gasteiger partial charge in [-0.05, 0) is 42.5 Å². The van der Waals surface area contributed by atoms with Crippen molar-refractivity contribution < 1.29 is 19.4 Å². The topological polar surface area (TPSA) is 109 Å². The molecule has 3 N–H and O–H groups in total. The minimum Gasteiger partial charge on any atom is -0.504 e. The van der Waals surface area contributed by atoms with Gasteiger partial charge in [0.25, 0.3) is 5.91 Å². The summed E-state index contributed by atoms with van der Waals surface area (Å²) in [5, 5.41) is 20.5. The maximum atomic E-state index is 12.2. The highest BCUT2D eigenvalue weighted by molar-refractivity contribution is 5.96. The predicted octanol–water partition coefficient (Wildman–Crippen LogP) is 2.56. The van der Waals surface area contributed by atoms with Crippen LogP contribution in [0.4, 0.5) is 0 Å². The van der Waals surface area contributed by atoms with Gasteiger partial charge in [-0.1, -0.05) is 0 Å². The second-order valence-electron chi connectivity index (χ2n) is 5.51. The van der Waals surface area contributed by atoms with Crippen molar-refractivity contribution in [2.24, 2.45) is 5.10 Å². The number of carbonyl (C=O) groups excluding carboxylic acids is 1. The summed E-state index contributed by atoms with van der Waals surface area (Å²) in [6.45, 7) is 0. The molecule has 0 aliphatic heterocycles. The lowest BCUT2D eigenvalue weighted by atomic mass is 10.1. The molecule has 0 aliphatic rings. The van der Waals surface area contributed by atoms with Crippen molar-refractivity contribution in [2.45, 2.75) is 0 Å². The van der Waals surface area contributed by atoms with Gasteiger partial charge in [-0.3, -0.25) is 9.89 Å². The Morgan fingerprint density at radius 2 is 1.96 bits per heavy atom. The van der Waals surface area contributed by atoms with Crippen LogP contribution < -0.4 is 14.9 Å². The van der Waals surface area contributed by atoms with Crippen molar-refractivity contribution in [1.29, 1.82) is 0 Å². The Labute approximate surface area is 155 Å². The monoisotopic (exact) mass is 366 g/mol. The standard InChI is InChI=1S/C19H18N4O4/c1-26-15-6-3-12(4-7-15)18-14(10-20-22-18)11-21-23-19(25)13-5-8-16(24)17(9-13)27-2/h3-11,24H,1-2H3,(H,20,22)(H,23,25). The Morgan fingerprint density at radius 3 is 2.67 bits per heavy atom. The van der Waals surface area contributed by atoms with E-state index in [1.807, 2.05) is 24.3 Å². The first-order valence-electron chi connectivity index (χ1n) is 8.00. The molecular formula is C19H18N4O4. The molecule has 27 heavy (non-hydrogen) atoms. The van der Waals surface area contributed by atoms with Crippen molar-refractivity contribution in [1.82, 2.24) is 15.6 Å². The summed E-state index contributed by atoms with van der Waals surface area (Å²) in [6, 6.07) is 11.8. The van der Waals surface area contributed by atoms with E-state index >= 15 is 0 Å². The predicted molar refractivity (Wildman–Crippen MR) is 100 cm³/mol. The number of carbonyl (C=O) groups is 1. The summed E-state index contributed by atoms with van der Waals surface area (Å²) in [6.07, 6.45) is 3.11. The average Bonchev–Trinajstić information content (AvgIpc) is 3.16. The lowest BCUT2D eigenvalue weighted by Gasteiger charge is -2.05. The maximum Gasteiger partial charge on any atom is 0.271 e. The smallest absolute Gasteiger partial charge is 0.271 e. The zero-order valence-electron chi connectivity index (χ0n) is 14.8. The van der Waals surface area contributed by atoms with E-state index in [-0.39, 0.29) is 11.5 Å². The molecule has 0 atom stereocenters. The molecule has 0 unspecified atom stereocenters. The SMILES string of the molecule is COc1ccc(-c2[nH]ncc2C=NNC(=O)c2ccc(O)c(OC)c2)cc1. The van der Waals surface area contributed by atoms with Gasteiger partial charge in [0.2, 0.25) is 0 Å². The quantitative estimate of drug-likeness (QED) is 0.459. The number of hydrazone groups is 1. The highest BCUT2D eigenvalue weighted by Crippen LogP contribution is 2.26. The number of ether oxygens (including phenoxy) is 2. The fourth-order valence-corrected chi connectivity index (χ4v) is 2.43. The molecule has 0 spiro atoms. The van der Waals surface area contributed by atoms with E-state index < -0.39 is 5.91 Å². The van der Waals surface area contributed by atoms with Crippen LogP contribution in [-0.4, -0.2) is 41.6 Å². The first kappa shape index (κ1) is 18.0. The van der Waals surface area contributed by atoms with E-state index in [1.165, 1.54) is 31.5 Å². The van der Waals surface area contributed by atoms with Gasteiger partial charge in [0.15, 0.2) is 11.5 Å². The Kier molecular flexibility index (Phi) is 5.36. The van der Waals surface area contributed by atoms with E-state index in [2.05, 4.69) is 20.7 Å². The van der Waals surface area contributed by atoms with Crippen LogP contribution in [0.2, 0.25) is 0 Å². The fraction of sp³-hybridized carbons (Fsp3) is 0.105. The van der Waals surface area contributed by atoms with Crippen molar-refractivity contribution >= 4 is 12.1 Å². The highest BCUT2D eigenvalue weighted by Gasteiger charge is 2.10. The third-order valence-corrected chi connectivity index (χ3v) is 3.86. The summed E-state index contributed by atoms with van der Waals surface area (Å²) >= 11 is 0. The molecule has 8 nitrogen and oxygen atoms in total. The van der Waals surface area contributed by atoms with E-state index in [4.69, 9.17) is 9.47 Å². The molecule has 0 aliphatic carbocycles. The Hall–Kier alpha value is -3.81. The Bertz CT molecular complexity index is 964. The molecule has 0 saturated heterocycles. The number of amides is 1. The van der Waals surface area contributed by atoms with Gasteiger partial charge < -0.3 is 14.6 Å². The average molecular weight is 366 g/mol. The number of phenols is 1. The summed E-state index contributed by atoms with van der Waals surface area (Å²) in [5.74, 6) is 0.493. The van der Waals surface area contributed by atoms with Crippen LogP contribution in [0, 0.1) is 0 Å². The number of hydrogen-bond acceptors (Lipinski definition) is 6. The lowest BCUT2D eigenvalue weighted by molar-refractivity contribution is 0.0954. The summed E-state index contributed by atoms with van der Waals surface area (Å²) in [7, 11) is 3.02. The van der Waals surface area contributed by atoms with Crippen molar-refractivity contribution in [2.75, 3.05) is 14.2 Å². The van der Waals surface area contributed by atoms with Gasteiger partial charge in [0, 0.05) is 16.7 Å². The number of rotatable bonds is 6. The van der Waals surface area contributed by atoms with Gasteiger partial charge in [0.1, 0.15) is 5.75 Å². The van der Waals surface area contributed by atoms with Crippen molar-refractivity contribution in [3.05, 3.63) is 59.8 Å². The fourth-order valence-electron chi connectivity index (χ4n) is 2.43. The number of aromatic hydroxyl groups is 1. The molecule has 0 fully saturated rings. The number of benzene rings is 2. The molecule has 2 aromatic carbocycles. The van der Waals surface area contributed by atoms with Gasteiger partial charge >= 0.3 is 0 Å². The maximum absolute atomic E-state index is 12.2. The molecule has 3 aromatic rings. The largest absolute Gasteiger partial charge is 0.504 e. The zero-order valence-corrected chi connectivity index (χ0v) is 14.8. The first-order chi connectivity index (χ1) is 13.1. The third-order valence-electron chi connectivity index (χ3n) is 3.86. The number of phenolic OH excluding ortho intramolecular Hbond substituents is 1. The van der Waals surface area contributed by atoms with Crippen LogP contribution in [0.25, 0.3) is 11.3 Å². The normalized spacial score (nSPS) is 10.7. The second-order valence-corrected chi connectivity index (χ2v) is 5.51. The lowest BCUT2D eigenvalue weighted by Crippen LogP contribution is -2.17. The van der Waals surface area contributed by atoms with Crippen LogP contribution in [0.5, 0.6) is 17.2 Å². The molecule has 0 radical (unpaired) electrons. The zero-order chi connectivity index (χ0) is 19.2. The van der Waals surface area contributed by atoms with Crippen molar-refractivity contribution in [3.63, 3.8) is 0 Å². The van der Waals surface area contributed by atoms with Gasteiger partial charge in [-0.2, -0.15) is 10.2 Å². The minimum atomic E-state index is -0.431. The van der Waals surface area contributed by atoms with Crippen LogP contribution in [0.15, 0.2) is 53.8 Å². The number of nitrogens with zero attached hydrogens (tertiary/aromatic N) is 2. The number of hydrogen-bond donors (Lipinski definition) is 3. The number of aromatic nitrogens is 2. The molecule has 1 aromatic heterocycles. The molecule has 3 rings (SSSR count). The Morgan fingerprint density at radius 1 is 1.19 bits per heavy atom. The van der Waals surface area contributed by atoms with Crippen LogP contribution in [-0.2, 0) is 0 Å². The third kappa shape index (κ3) is 4.06. The first-order valence-corrected chi connectivity index (χ1v) is 8.00. The molecule has 1 amide bonds. The van der Waals surface area contributed by atoms with Crippen LogP contribution >= 0.6 is 0 Å². The molecular weight excluding hydrogens is 348 g/mol. The van der Waals surface area contributed by atoms with Gasteiger partial charge in [-0.15, -0.1) is 0 Å². The minimum absolute atomic E-state index is 0.0416.